The van der Waals surface area contributed by atoms with E-state index in [1.165, 1.54) is 0 Å². The summed E-state index contributed by atoms with van der Waals surface area (Å²) in [6, 6.07) is 1.44. The lowest BCUT2D eigenvalue weighted by atomic mass is 9.90. The molecule has 0 saturated heterocycles. The van der Waals surface area contributed by atoms with Crippen LogP contribution in [0.25, 0.3) is 0 Å². The van der Waals surface area contributed by atoms with Gasteiger partial charge < -0.3 is 0 Å². The van der Waals surface area contributed by atoms with Gasteiger partial charge in [-0.3, -0.25) is 0 Å². The number of benzene rings is 1. The third-order valence-corrected chi connectivity index (χ3v) is 3.66. The molecule has 102 valence electrons. The molecule has 0 spiro atoms. The SMILES string of the molecule is CCCC(CCC)C(Cl)c1cc(F)c(F)cc1F. The van der Waals surface area contributed by atoms with E-state index in [0.29, 0.717) is 6.07 Å². The highest BCUT2D eigenvalue weighted by molar-refractivity contribution is 6.21. The zero-order chi connectivity index (χ0) is 13.7. The zero-order valence-corrected chi connectivity index (χ0v) is 11.4. The highest BCUT2D eigenvalue weighted by Crippen LogP contribution is 2.36. The lowest BCUT2D eigenvalue weighted by Crippen LogP contribution is -2.10. The Kier molecular flexibility index (Phi) is 6.00. The summed E-state index contributed by atoms with van der Waals surface area (Å²) in [6.45, 7) is 4.04. The number of hydrogen-bond donors (Lipinski definition) is 0. The average molecular weight is 279 g/mol. The van der Waals surface area contributed by atoms with Crippen molar-refractivity contribution < 1.29 is 13.2 Å². The van der Waals surface area contributed by atoms with Gasteiger partial charge in [-0.05, 0) is 24.8 Å². The van der Waals surface area contributed by atoms with Crippen LogP contribution in [0.4, 0.5) is 13.2 Å². The Hall–Kier alpha value is -0.700. The van der Waals surface area contributed by atoms with Crippen molar-refractivity contribution in [3.8, 4) is 0 Å². The van der Waals surface area contributed by atoms with E-state index in [9.17, 15) is 13.2 Å². The monoisotopic (exact) mass is 278 g/mol. The van der Waals surface area contributed by atoms with Gasteiger partial charge in [0.1, 0.15) is 5.82 Å². The molecule has 1 unspecified atom stereocenters. The Morgan fingerprint density at radius 3 is 1.94 bits per heavy atom. The van der Waals surface area contributed by atoms with Gasteiger partial charge in [0.25, 0.3) is 0 Å². The van der Waals surface area contributed by atoms with Gasteiger partial charge in [-0.15, -0.1) is 11.6 Å². The summed E-state index contributed by atoms with van der Waals surface area (Å²) >= 11 is 6.23. The van der Waals surface area contributed by atoms with E-state index >= 15 is 0 Å². The van der Waals surface area contributed by atoms with Gasteiger partial charge in [-0.1, -0.05) is 26.7 Å². The van der Waals surface area contributed by atoms with Crippen molar-refractivity contribution in [1.29, 1.82) is 0 Å². The fourth-order valence-corrected chi connectivity index (χ4v) is 2.60. The average Bonchev–Trinajstić information content (AvgIpc) is 2.33. The van der Waals surface area contributed by atoms with Crippen molar-refractivity contribution >= 4 is 11.6 Å². The lowest BCUT2D eigenvalue weighted by Gasteiger charge is -2.22. The molecule has 0 fully saturated rings. The zero-order valence-electron chi connectivity index (χ0n) is 10.6. The van der Waals surface area contributed by atoms with Crippen molar-refractivity contribution in [2.24, 2.45) is 5.92 Å². The molecule has 0 bridgehead atoms. The third-order valence-electron chi connectivity index (χ3n) is 3.07. The minimum absolute atomic E-state index is 0.0578. The molecule has 0 N–H and O–H groups in total. The van der Waals surface area contributed by atoms with Gasteiger partial charge in [0.15, 0.2) is 11.6 Å². The maximum Gasteiger partial charge on any atom is 0.161 e. The van der Waals surface area contributed by atoms with Crippen LogP contribution in [0.15, 0.2) is 12.1 Å². The Morgan fingerprint density at radius 2 is 1.44 bits per heavy atom. The quantitative estimate of drug-likeness (QED) is 0.469. The fraction of sp³-hybridized carbons (Fsp3) is 0.571. The van der Waals surface area contributed by atoms with E-state index in [0.717, 1.165) is 31.7 Å². The molecular weight excluding hydrogens is 261 g/mol. The second-order valence-corrected chi connectivity index (χ2v) is 5.00. The molecule has 0 nitrogen and oxygen atoms in total. The summed E-state index contributed by atoms with van der Waals surface area (Å²) in [7, 11) is 0. The smallest absolute Gasteiger partial charge is 0.161 e. The topological polar surface area (TPSA) is 0 Å². The van der Waals surface area contributed by atoms with Crippen LogP contribution in [0.5, 0.6) is 0 Å². The Labute approximate surface area is 111 Å². The van der Waals surface area contributed by atoms with Crippen molar-refractivity contribution in [2.45, 2.75) is 44.9 Å². The minimum Gasteiger partial charge on any atom is -0.207 e. The predicted octanol–water partition coefficient (Wildman–Crippen LogP) is 5.60. The first kappa shape index (κ1) is 15.4. The summed E-state index contributed by atoms with van der Waals surface area (Å²) < 4.78 is 39.6. The van der Waals surface area contributed by atoms with Gasteiger partial charge in [0, 0.05) is 11.6 Å². The van der Waals surface area contributed by atoms with E-state index in [1.807, 2.05) is 13.8 Å². The normalized spacial score (nSPS) is 13.1. The van der Waals surface area contributed by atoms with Gasteiger partial charge in [-0.25, -0.2) is 13.2 Å². The second kappa shape index (κ2) is 7.03. The standard InChI is InChI=1S/C14H18ClF3/c1-3-5-9(6-4-2)14(15)10-7-12(17)13(18)8-11(10)16/h7-9,14H,3-6H2,1-2H3. The first-order valence-electron chi connectivity index (χ1n) is 6.29. The summed E-state index contributed by atoms with van der Waals surface area (Å²) in [5.41, 5.74) is 0.0578. The summed E-state index contributed by atoms with van der Waals surface area (Å²) in [4.78, 5) is 0. The molecule has 0 saturated carbocycles. The molecule has 1 aromatic carbocycles. The van der Waals surface area contributed by atoms with Crippen LogP contribution >= 0.6 is 11.6 Å². The van der Waals surface area contributed by atoms with E-state index in [4.69, 9.17) is 11.6 Å². The first-order chi connectivity index (χ1) is 8.51. The van der Waals surface area contributed by atoms with Crippen molar-refractivity contribution in [3.63, 3.8) is 0 Å². The molecule has 0 aliphatic heterocycles. The van der Waals surface area contributed by atoms with Crippen molar-refractivity contribution in [3.05, 3.63) is 35.1 Å². The van der Waals surface area contributed by atoms with Crippen LogP contribution in [-0.4, -0.2) is 0 Å². The Bertz CT molecular complexity index is 387. The summed E-state index contributed by atoms with van der Waals surface area (Å²) in [5.74, 6) is -2.92. The molecule has 4 heteroatoms. The van der Waals surface area contributed by atoms with Crippen LogP contribution in [0.1, 0.15) is 50.5 Å². The van der Waals surface area contributed by atoms with Crippen molar-refractivity contribution in [1.82, 2.24) is 0 Å². The van der Waals surface area contributed by atoms with Crippen LogP contribution in [0.2, 0.25) is 0 Å². The number of halogens is 4. The van der Waals surface area contributed by atoms with Gasteiger partial charge >= 0.3 is 0 Å². The van der Waals surface area contributed by atoms with Crippen LogP contribution < -0.4 is 0 Å². The van der Waals surface area contributed by atoms with Gasteiger partial charge in [-0.2, -0.15) is 0 Å². The Morgan fingerprint density at radius 1 is 0.944 bits per heavy atom. The molecule has 0 amide bonds. The summed E-state index contributed by atoms with van der Waals surface area (Å²) in [5, 5.41) is -0.611. The molecule has 0 aromatic heterocycles. The number of rotatable bonds is 6. The molecular formula is C14H18ClF3. The van der Waals surface area contributed by atoms with E-state index in [2.05, 4.69) is 0 Å². The van der Waals surface area contributed by atoms with Crippen molar-refractivity contribution in [2.75, 3.05) is 0 Å². The van der Waals surface area contributed by atoms with Crippen LogP contribution in [0.3, 0.4) is 0 Å². The van der Waals surface area contributed by atoms with E-state index in [-0.39, 0.29) is 11.5 Å². The highest BCUT2D eigenvalue weighted by atomic mass is 35.5. The molecule has 1 rings (SSSR count). The fourth-order valence-electron chi connectivity index (χ4n) is 2.18. The highest BCUT2D eigenvalue weighted by Gasteiger charge is 2.24. The molecule has 0 aliphatic rings. The molecule has 0 aliphatic carbocycles. The Balaban J connectivity index is 3.00. The van der Waals surface area contributed by atoms with Crippen LogP contribution in [0, 0.1) is 23.4 Å². The maximum atomic E-state index is 13.6. The minimum atomic E-state index is -1.18. The number of hydrogen-bond acceptors (Lipinski definition) is 0. The van der Waals surface area contributed by atoms with E-state index < -0.39 is 22.8 Å². The van der Waals surface area contributed by atoms with E-state index in [1.54, 1.807) is 0 Å². The van der Waals surface area contributed by atoms with Crippen LogP contribution in [-0.2, 0) is 0 Å². The molecule has 1 aromatic rings. The summed E-state index contributed by atoms with van der Waals surface area (Å²) in [6.07, 6.45) is 3.55. The molecule has 18 heavy (non-hydrogen) atoms. The molecule has 0 heterocycles. The number of alkyl halides is 1. The largest absolute Gasteiger partial charge is 0.207 e. The second-order valence-electron chi connectivity index (χ2n) is 4.53. The predicted molar refractivity (Wildman–Crippen MR) is 68.2 cm³/mol. The van der Waals surface area contributed by atoms with Gasteiger partial charge in [0.05, 0.1) is 5.38 Å². The lowest BCUT2D eigenvalue weighted by molar-refractivity contribution is 0.413. The third kappa shape index (κ3) is 3.64. The first-order valence-corrected chi connectivity index (χ1v) is 6.73. The van der Waals surface area contributed by atoms with Gasteiger partial charge in [0.2, 0.25) is 0 Å². The maximum absolute atomic E-state index is 13.6. The molecule has 0 radical (unpaired) electrons. The molecule has 1 atom stereocenters.